The van der Waals surface area contributed by atoms with Gasteiger partial charge in [-0.3, -0.25) is 9.59 Å². The van der Waals surface area contributed by atoms with E-state index in [1.54, 1.807) is 6.07 Å². The predicted octanol–water partition coefficient (Wildman–Crippen LogP) is 1.71. The molecular weight excluding hydrogens is 275 g/mol. The lowest BCUT2D eigenvalue weighted by atomic mass is 10.0. The van der Waals surface area contributed by atoms with E-state index < -0.39 is 11.9 Å². The Morgan fingerprint density at radius 1 is 1.43 bits per heavy atom. The van der Waals surface area contributed by atoms with Crippen LogP contribution in [0.4, 0.5) is 10.1 Å². The number of nitrogens with one attached hydrogen (secondary N) is 1. The van der Waals surface area contributed by atoms with Gasteiger partial charge in [-0.1, -0.05) is 13.8 Å². The highest BCUT2D eigenvalue weighted by molar-refractivity contribution is 6.06. The molecule has 2 rings (SSSR count). The van der Waals surface area contributed by atoms with E-state index >= 15 is 0 Å². The Morgan fingerprint density at radius 2 is 2.14 bits per heavy atom. The molecule has 0 radical (unpaired) electrons. The molecule has 6 heteroatoms. The molecular formula is C15H19FN2O3. The van der Waals surface area contributed by atoms with E-state index in [2.05, 4.69) is 5.32 Å². The summed E-state index contributed by atoms with van der Waals surface area (Å²) in [6.07, 6.45) is 0.555. The van der Waals surface area contributed by atoms with Crippen molar-refractivity contribution in [2.75, 3.05) is 18.6 Å². The Bertz CT molecular complexity index is 560. The van der Waals surface area contributed by atoms with E-state index in [9.17, 15) is 14.0 Å². The van der Waals surface area contributed by atoms with Crippen LogP contribution >= 0.6 is 0 Å². The van der Waals surface area contributed by atoms with Crippen LogP contribution in [0.15, 0.2) is 18.2 Å². The molecule has 0 bridgehead atoms. The summed E-state index contributed by atoms with van der Waals surface area (Å²) in [5.41, 5.74) is 0.363. The predicted molar refractivity (Wildman–Crippen MR) is 76.7 cm³/mol. The summed E-state index contributed by atoms with van der Waals surface area (Å²) in [5, 5.41) is 2.69. The van der Waals surface area contributed by atoms with Gasteiger partial charge in [-0.2, -0.15) is 0 Å². The highest BCUT2D eigenvalue weighted by Gasteiger charge is 2.34. The first kappa shape index (κ1) is 15.3. The zero-order valence-corrected chi connectivity index (χ0v) is 12.4. The van der Waals surface area contributed by atoms with E-state index in [1.807, 2.05) is 13.8 Å². The fraction of sp³-hybridized carbons (Fsp3) is 0.467. The average molecular weight is 294 g/mol. The third-order valence-electron chi connectivity index (χ3n) is 3.36. The second-order valence-electron chi connectivity index (χ2n) is 5.49. The van der Waals surface area contributed by atoms with Crippen LogP contribution in [0, 0.1) is 11.7 Å². The first-order valence-corrected chi connectivity index (χ1v) is 6.86. The summed E-state index contributed by atoms with van der Waals surface area (Å²) in [6.45, 7) is 3.86. The minimum Gasteiger partial charge on any atom is -0.494 e. The van der Waals surface area contributed by atoms with Gasteiger partial charge in [-0.15, -0.1) is 0 Å². The largest absolute Gasteiger partial charge is 0.494 e. The fourth-order valence-corrected chi connectivity index (χ4v) is 2.38. The van der Waals surface area contributed by atoms with E-state index in [-0.39, 0.29) is 30.0 Å². The Kier molecular flexibility index (Phi) is 4.45. The number of hydrogen-bond acceptors (Lipinski definition) is 3. The number of nitrogens with zero attached hydrogens (tertiary/aromatic N) is 1. The molecule has 5 nitrogen and oxygen atoms in total. The molecule has 21 heavy (non-hydrogen) atoms. The third kappa shape index (κ3) is 3.32. The second kappa shape index (κ2) is 6.11. The zero-order chi connectivity index (χ0) is 15.6. The molecule has 1 aliphatic heterocycles. The molecule has 1 N–H and O–H groups in total. The number of ether oxygens (including phenoxy) is 1. The number of carbonyl (C=O) groups excluding carboxylic acids is 2. The molecule has 1 aliphatic rings. The molecule has 1 fully saturated rings. The van der Waals surface area contributed by atoms with Gasteiger partial charge in [-0.05, 0) is 24.5 Å². The lowest BCUT2D eigenvalue weighted by Crippen LogP contribution is -2.58. The number of amides is 2. The molecule has 2 amide bonds. The van der Waals surface area contributed by atoms with Crippen molar-refractivity contribution < 1.29 is 18.7 Å². The minimum atomic E-state index is -0.561. The summed E-state index contributed by atoms with van der Waals surface area (Å²) < 4.78 is 18.6. The third-order valence-corrected chi connectivity index (χ3v) is 3.36. The van der Waals surface area contributed by atoms with Gasteiger partial charge in [-0.25, -0.2) is 4.39 Å². The molecule has 1 aromatic carbocycles. The second-order valence-corrected chi connectivity index (χ2v) is 5.49. The van der Waals surface area contributed by atoms with Gasteiger partial charge in [0.15, 0.2) is 11.6 Å². The Morgan fingerprint density at radius 3 is 2.71 bits per heavy atom. The van der Waals surface area contributed by atoms with Crippen molar-refractivity contribution in [2.45, 2.75) is 26.3 Å². The number of halogens is 1. The number of benzene rings is 1. The van der Waals surface area contributed by atoms with Gasteiger partial charge in [0.25, 0.3) is 0 Å². The van der Waals surface area contributed by atoms with Crippen molar-refractivity contribution in [3.63, 3.8) is 0 Å². The van der Waals surface area contributed by atoms with Crippen molar-refractivity contribution in [1.82, 2.24) is 5.32 Å². The number of methoxy groups -OCH3 is 1. The molecule has 1 aromatic rings. The molecule has 0 aromatic heterocycles. The van der Waals surface area contributed by atoms with Crippen molar-refractivity contribution in [2.24, 2.45) is 5.92 Å². The van der Waals surface area contributed by atoms with E-state index in [4.69, 9.17) is 4.74 Å². The Labute approximate surface area is 123 Å². The van der Waals surface area contributed by atoms with Crippen molar-refractivity contribution in [3.8, 4) is 5.75 Å². The van der Waals surface area contributed by atoms with Gasteiger partial charge in [0.05, 0.1) is 7.11 Å². The molecule has 1 unspecified atom stereocenters. The zero-order valence-electron chi connectivity index (χ0n) is 12.4. The number of rotatable bonds is 4. The van der Waals surface area contributed by atoms with Crippen LogP contribution in [0.2, 0.25) is 0 Å². The van der Waals surface area contributed by atoms with Crippen molar-refractivity contribution in [1.29, 1.82) is 0 Å². The maximum atomic E-state index is 13.8. The standard InChI is InChI=1S/C15H19FN2O3/c1-9(2)6-12-15(20)18(8-14(19)17-12)10-4-5-13(21-3)11(16)7-10/h4-5,7,9,12H,6,8H2,1-3H3,(H,17,19). The van der Waals surface area contributed by atoms with Crippen LogP contribution in [0.3, 0.4) is 0 Å². The minimum absolute atomic E-state index is 0.0980. The summed E-state index contributed by atoms with van der Waals surface area (Å²) in [5.74, 6) is -0.642. The molecule has 114 valence electrons. The van der Waals surface area contributed by atoms with E-state index in [0.717, 1.165) is 0 Å². The summed E-state index contributed by atoms with van der Waals surface area (Å²) in [6, 6.07) is 3.67. The van der Waals surface area contributed by atoms with Gasteiger partial charge >= 0.3 is 0 Å². The molecule has 0 aliphatic carbocycles. The van der Waals surface area contributed by atoms with Crippen molar-refractivity contribution >= 4 is 17.5 Å². The van der Waals surface area contributed by atoms with Crippen LogP contribution in [0.25, 0.3) is 0 Å². The number of anilines is 1. The fourth-order valence-electron chi connectivity index (χ4n) is 2.38. The lowest BCUT2D eigenvalue weighted by Gasteiger charge is -2.33. The molecule has 1 heterocycles. The number of piperazine rings is 1. The van der Waals surface area contributed by atoms with Crippen LogP contribution in [-0.4, -0.2) is 31.5 Å². The SMILES string of the molecule is COc1ccc(N2CC(=O)NC(CC(C)C)C2=O)cc1F. The van der Waals surface area contributed by atoms with Gasteiger partial charge in [0.1, 0.15) is 12.6 Å². The topological polar surface area (TPSA) is 58.6 Å². The first-order chi connectivity index (χ1) is 9.92. The highest BCUT2D eigenvalue weighted by atomic mass is 19.1. The Hall–Kier alpha value is -2.11. The Balaban J connectivity index is 2.27. The summed E-state index contributed by atoms with van der Waals surface area (Å²) in [4.78, 5) is 25.5. The molecule has 0 saturated carbocycles. The molecule has 1 atom stereocenters. The van der Waals surface area contributed by atoms with Gasteiger partial charge in [0, 0.05) is 11.8 Å². The highest BCUT2D eigenvalue weighted by Crippen LogP contribution is 2.25. The monoisotopic (exact) mass is 294 g/mol. The average Bonchev–Trinajstić information content (AvgIpc) is 2.41. The van der Waals surface area contributed by atoms with E-state index in [1.165, 1.54) is 24.1 Å². The molecule has 1 saturated heterocycles. The smallest absolute Gasteiger partial charge is 0.250 e. The van der Waals surface area contributed by atoms with Crippen LogP contribution in [0.1, 0.15) is 20.3 Å². The maximum Gasteiger partial charge on any atom is 0.250 e. The van der Waals surface area contributed by atoms with E-state index in [0.29, 0.717) is 12.1 Å². The van der Waals surface area contributed by atoms with Gasteiger partial charge < -0.3 is 15.0 Å². The molecule has 0 spiro atoms. The van der Waals surface area contributed by atoms with Crippen molar-refractivity contribution in [3.05, 3.63) is 24.0 Å². The summed E-state index contributed by atoms with van der Waals surface area (Å²) in [7, 11) is 1.37. The number of hydrogen-bond donors (Lipinski definition) is 1. The normalized spacial score (nSPS) is 18.9. The van der Waals surface area contributed by atoms with Crippen LogP contribution < -0.4 is 15.0 Å². The lowest BCUT2D eigenvalue weighted by molar-refractivity contribution is -0.131. The first-order valence-electron chi connectivity index (χ1n) is 6.86. The maximum absolute atomic E-state index is 13.8. The summed E-state index contributed by atoms with van der Waals surface area (Å²) >= 11 is 0. The van der Waals surface area contributed by atoms with Crippen LogP contribution in [0.5, 0.6) is 5.75 Å². The van der Waals surface area contributed by atoms with Crippen LogP contribution in [-0.2, 0) is 9.59 Å². The quantitative estimate of drug-likeness (QED) is 0.919. The number of carbonyl (C=O) groups is 2. The van der Waals surface area contributed by atoms with Gasteiger partial charge in [0.2, 0.25) is 11.8 Å².